The van der Waals surface area contributed by atoms with Crippen molar-refractivity contribution < 1.29 is 38.4 Å². The van der Waals surface area contributed by atoms with E-state index in [0.29, 0.717) is 36.8 Å². The highest BCUT2D eigenvalue weighted by atomic mass is 16.7. The maximum atomic E-state index is 12.4. The molecule has 170 valence electrons. The average Bonchev–Trinajstić information content (AvgIpc) is 3.37. The van der Waals surface area contributed by atoms with E-state index in [9.17, 15) is 19.5 Å². The summed E-state index contributed by atoms with van der Waals surface area (Å²) in [6.45, 7) is 8.18. The highest BCUT2D eigenvalue weighted by Gasteiger charge is 2.65. The molecule has 0 aromatic carbocycles. The molecule has 31 heavy (non-hydrogen) atoms. The lowest BCUT2D eigenvalue weighted by atomic mass is 9.59. The minimum atomic E-state index is -1.81. The smallest absolute Gasteiger partial charge is 0.336 e. The van der Waals surface area contributed by atoms with E-state index in [0.717, 1.165) is 5.57 Å². The van der Waals surface area contributed by atoms with Gasteiger partial charge in [0, 0.05) is 42.7 Å². The minimum Gasteiger partial charge on any atom is -0.462 e. The average molecular weight is 434 g/mol. The highest BCUT2D eigenvalue weighted by molar-refractivity contribution is 5.92. The van der Waals surface area contributed by atoms with Crippen molar-refractivity contribution in [3.63, 3.8) is 0 Å². The van der Waals surface area contributed by atoms with Gasteiger partial charge in [0.05, 0.1) is 12.2 Å². The maximum Gasteiger partial charge on any atom is 0.336 e. The summed E-state index contributed by atoms with van der Waals surface area (Å²) in [5.74, 6) is -3.43. The standard InChI is InChI=1S/C23H30O8/c1-11-6-7-18(28-13(3)24)22(5)16(20-17(30-20)9-19(22)29-14(4)25)8-15-12(2)21(26)31-23(15,27)10-11/h10,16-20,27H,6-9H2,1-5H3/b11-10-/t16-,17+,18+,19-,20-,22-,23+/m0/s1. The molecule has 2 fully saturated rings. The quantitative estimate of drug-likeness (QED) is 0.305. The zero-order valence-corrected chi connectivity index (χ0v) is 18.6. The Bertz CT molecular complexity index is 888. The number of aliphatic hydroxyl groups is 1. The van der Waals surface area contributed by atoms with E-state index in [2.05, 4.69) is 0 Å². The summed E-state index contributed by atoms with van der Waals surface area (Å²) in [4.78, 5) is 36.3. The molecule has 1 saturated heterocycles. The fourth-order valence-corrected chi connectivity index (χ4v) is 5.68. The van der Waals surface area contributed by atoms with Gasteiger partial charge in [0.25, 0.3) is 5.79 Å². The first-order valence-electron chi connectivity index (χ1n) is 10.8. The molecule has 2 aliphatic carbocycles. The molecular formula is C23H30O8. The van der Waals surface area contributed by atoms with E-state index < -0.39 is 41.3 Å². The monoisotopic (exact) mass is 434 g/mol. The van der Waals surface area contributed by atoms with Crippen molar-refractivity contribution in [2.24, 2.45) is 11.3 Å². The molecule has 4 rings (SSSR count). The van der Waals surface area contributed by atoms with E-state index in [1.54, 1.807) is 13.0 Å². The Labute approximate surface area is 181 Å². The van der Waals surface area contributed by atoms with Gasteiger partial charge in [-0.25, -0.2) is 4.79 Å². The number of carbonyl (C=O) groups is 3. The summed E-state index contributed by atoms with van der Waals surface area (Å²) in [7, 11) is 0. The molecule has 7 atom stereocenters. The topological polar surface area (TPSA) is 112 Å². The number of epoxide rings is 1. The fourth-order valence-electron chi connectivity index (χ4n) is 5.68. The molecule has 2 heterocycles. The molecule has 0 spiro atoms. The van der Waals surface area contributed by atoms with Gasteiger partial charge in [-0.15, -0.1) is 0 Å². The molecule has 0 unspecified atom stereocenters. The number of allylic oxidation sites excluding steroid dienone is 1. The first-order chi connectivity index (χ1) is 14.5. The van der Waals surface area contributed by atoms with Crippen molar-refractivity contribution in [3.8, 4) is 0 Å². The van der Waals surface area contributed by atoms with Gasteiger partial charge in [-0.3, -0.25) is 9.59 Å². The van der Waals surface area contributed by atoms with Gasteiger partial charge in [0.2, 0.25) is 0 Å². The third-order valence-corrected chi connectivity index (χ3v) is 7.37. The van der Waals surface area contributed by atoms with Crippen molar-refractivity contribution >= 4 is 17.9 Å². The number of carbonyl (C=O) groups excluding carboxylic acids is 3. The predicted molar refractivity (Wildman–Crippen MR) is 107 cm³/mol. The number of ether oxygens (including phenoxy) is 4. The fraction of sp³-hybridized carbons (Fsp3) is 0.696. The zero-order valence-electron chi connectivity index (χ0n) is 18.6. The van der Waals surface area contributed by atoms with Crippen LogP contribution < -0.4 is 0 Å². The van der Waals surface area contributed by atoms with Gasteiger partial charge >= 0.3 is 17.9 Å². The van der Waals surface area contributed by atoms with E-state index in [-0.39, 0.29) is 18.1 Å². The lowest BCUT2D eigenvalue weighted by Gasteiger charge is -2.49. The van der Waals surface area contributed by atoms with Crippen molar-refractivity contribution in [1.29, 1.82) is 0 Å². The Morgan fingerprint density at radius 1 is 1.16 bits per heavy atom. The second-order valence-electron chi connectivity index (χ2n) is 9.47. The van der Waals surface area contributed by atoms with E-state index in [1.165, 1.54) is 13.8 Å². The summed E-state index contributed by atoms with van der Waals surface area (Å²) >= 11 is 0. The molecular weight excluding hydrogens is 404 g/mol. The van der Waals surface area contributed by atoms with Gasteiger partial charge in [-0.1, -0.05) is 12.5 Å². The van der Waals surface area contributed by atoms with Crippen molar-refractivity contribution in [2.45, 2.75) is 90.5 Å². The van der Waals surface area contributed by atoms with Gasteiger partial charge < -0.3 is 24.1 Å². The molecule has 4 aliphatic rings. The van der Waals surface area contributed by atoms with Gasteiger partial charge in [-0.2, -0.15) is 0 Å². The zero-order chi connectivity index (χ0) is 22.7. The molecule has 0 radical (unpaired) electrons. The summed E-state index contributed by atoms with van der Waals surface area (Å²) in [6, 6.07) is 0. The molecule has 0 bridgehead atoms. The summed E-state index contributed by atoms with van der Waals surface area (Å²) in [5, 5.41) is 11.3. The van der Waals surface area contributed by atoms with Crippen LogP contribution in [0.5, 0.6) is 0 Å². The molecule has 0 aromatic rings. The van der Waals surface area contributed by atoms with Crippen LogP contribution in [-0.4, -0.2) is 53.2 Å². The first-order valence-corrected chi connectivity index (χ1v) is 10.8. The molecule has 1 N–H and O–H groups in total. The van der Waals surface area contributed by atoms with Crippen LogP contribution in [0.3, 0.4) is 0 Å². The molecule has 8 nitrogen and oxygen atoms in total. The van der Waals surface area contributed by atoms with Crippen LogP contribution in [0.2, 0.25) is 0 Å². The SMILES string of the molecule is CC(=O)O[C@H]1C[C@H]2O[C@H]2[C@@H]2CC3=C(C)C(=O)O[C@]3(O)/C=C(/C)CC[C@@H](OC(C)=O)[C@@]12C. The van der Waals surface area contributed by atoms with Crippen LogP contribution in [0.1, 0.15) is 60.3 Å². The van der Waals surface area contributed by atoms with Gasteiger partial charge in [-0.05, 0) is 39.2 Å². The van der Waals surface area contributed by atoms with Crippen LogP contribution in [-0.2, 0) is 33.3 Å². The van der Waals surface area contributed by atoms with Crippen LogP contribution in [0.4, 0.5) is 0 Å². The van der Waals surface area contributed by atoms with E-state index in [1.807, 2.05) is 13.8 Å². The Hall–Kier alpha value is -2.19. The van der Waals surface area contributed by atoms with Gasteiger partial charge in [0.1, 0.15) is 12.2 Å². The first kappa shape index (κ1) is 22.0. The van der Waals surface area contributed by atoms with Crippen LogP contribution in [0.25, 0.3) is 0 Å². The largest absolute Gasteiger partial charge is 0.462 e. The van der Waals surface area contributed by atoms with Gasteiger partial charge in [0.15, 0.2) is 0 Å². The third kappa shape index (κ3) is 3.69. The van der Waals surface area contributed by atoms with E-state index in [4.69, 9.17) is 18.9 Å². The summed E-state index contributed by atoms with van der Waals surface area (Å²) in [6.07, 6.45) is 2.10. The third-order valence-electron chi connectivity index (χ3n) is 7.37. The predicted octanol–water partition coefficient (Wildman–Crippen LogP) is 2.34. The number of hydrogen-bond donors (Lipinski definition) is 1. The Balaban J connectivity index is 1.85. The molecule has 8 heteroatoms. The highest BCUT2D eigenvalue weighted by Crippen LogP contribution is 2.58. The molecule has 1 saturated carbocycles. The number of rotatable bonds is 2. The second kappa shape index (κ2) is 7.45. The Morgan fingerprint density at radius 2 is 1.81 bits per heavy atom. The minimum absolute atomic E-state index is 0.0763. The number of esters is 3. The maximum absolute atomic E-state index is 12.4. The van der Waals surface area contributed by atoms with Crippen molar-refractivity contribution in [2.75, 3.05) is 0 Å². The lowest BCUT2D eigenvalue weighted by Crippen LogP contribution is -2.56. The normalized spacial score (nSPS) is 43.5. The Kier molecular flexibility index (Phi) is 5.29. The Morgan fingerprint density at radius 3 is 2.45 bits per heavy atom. The van der Waals surface area contributed by atoms with Crippen LogP contribution in [0, 0.1) is 11.3 Å². The number of fused-ring (bicyclic) bond motifs is 4. The summed E-state index contributed by atoms with van der Waals surface area (Å²) in [5.41, 5.74) is 0.883. The van der Waals surface area contributed by atoms with Crippen LogP contribution in [0.15, 0.2) is 22.8 Å². The number of hydrogen-bond acceptors (Lipinski definition) is 8. The van der Waals surface area contributed by atoms with Crippen molar-refractivity contribution in [3.05, 3.63) is 22.8 Å². The van der Waals surface area contributed by atoms with Crippen LogP contribution >= 0.6 is 0 Å². The molecule has 0 amide bonds. The second-order valence-corrected chi connectivity index (χ2v) is 9.47. The molecule has 0 aromatic heterocycles. The summed E-state index contributed by atoms with van der Waals surface area (Å²) < 4.78 is 22.9. The lowest BCUT2D eigenvalue weighted by molar-refractivity contribution is -0.186. The van der Waals surface area contributed by atoms with Crippen molar-refractivity contribution in [1.82, 2.24) is 0 Å². The van der Waals surface area contributed by atoms with E-state index >= 15 is 0 Å². The molecule has 2 aliphatic heterocycles.